The standard InChI is InChI=1S/C16H28N2O3/c1-12(2)10-13-15(20)18(8-4-14(19)17-13)11-16(5-6-16)7-9-21-3/h12-13H,4-11H2,1-3H3,(H,17,19). The number of hydrogen-bond donors (Lipinski definition) is 1. The molecule has 1 heterocycles. The zero-order valence-corrected chi connectivity index (χ0v) is 13.5. The second-order valence-electron chi connectivity index (χ2n) is 7.00. The van der Waals surface area contributed by atoms with Crippen molar-refractivity contribution in [3.63, 3.8) is 0 Å². The van der Waals surface area contributed by atoms with Gasteiger partial charge >= 0.3 is 0 Å². The Labute approximate surface area is 127 Å². The number of carbonyl (C=O) groups is 2. The summed E-state index contributed by atoms with van der Waals surface area (Å²) in [4.78, 5) is 26.4. The van der Waals surface area contributed by atoms with Crippen LogP contribution in [0.1, 0.15) is 46.0 Å². The van der Waals surface area contributed by atoms with Crippen molar-refractivity contribution in [2.45, 2.75) is 52.0 Å². The minimum absolute atomic E-state index is 0.00163. The fraction of sp³-hybridized carbons (Fsp3) is 0.875. The lowest BCUT2D eigenvalue weighted by molar-refractivity contribution is -0.134. The Morgan fingerprint density at radius 3 is 2.67 bits per heavy atom. The molecule has 0 aromatic heterocycles. The van der Waals surface area contributed by atoms with E-state index in [1.165, 1.54) is 0 Å². The third-order valence-electron chi connectivity index (χ3n) is 4.58. The maximum atomic E-state index is 12.7. The van der Waals surface area contributed by atoms with Gasteiger partial charge in [0.25, 0.3) is 0 Å². The van der Waals surface area contributed by atoms with Gasteiger partial charge in [-0.15, -0.1) is 0 Å². The van der Waals surface area contributed by atoms with Gasteiger partial charge in [-0.2, -0.15) is 0 Å². The van der Waals surface area contributed by atoms with Crippen molar-refractivity contribution in [1.29, 1.82) is 0 Å². The first-order valence-corrected chi connectivity index (χ1v) is 8.03. The normalized spacial score (nSPS) is 25.0. The van der Waals surface area contributed by atoms with Crippen molar-refractivity contribution in [2.24, 2.45) is 11.3 Å². The lowest BCUT2D eigenvalue weighted by Crippen LogP contribution is -2.47. The molecule has 0 bridgehead atoms. The molecule has 0 spiro atoms. The lowest BCUT2D eigenvalue weighted by Gasteiger charge is -2.29. The van der Waals surface area contributed by atoms with Gasteiger partial charge in [0.1, 0.15) is 6.04 Å². The highest BCUT2D eigenvalue weighted by Crippen LogP contribution is 2.49. The van der Waals surface area contributed by atoms with E-state index in [9.17, 15) is 9.59 Å². The van der Waals surface area contributed by atoms with Gasteiger partial charge in [-0.25, -0.2) is 0 Å². The Morgan fingerprint density at radius 2 is 2.10 bits per heavy atom. The number of rotatable bonds is 7. The summed E-state index contributed by atoms with van der Waals surface area (Å²) in [7, 11) is 1.72. The third-order valence-corrected chi connectivity index (χ3v) is 4.58. The first-order valence-electron chi connectivity index (χ1n) is 8.03. The van der Waals surface area contributed by atoms with E-state index in [0.29, 0.717) is 25.3 Å². The molecule has 5 heteroatoms. The molecule has 2 aliphatic rings. The summed E-state index contributed by atoms with van der Waals surface area (Å²) in [5.74, 6) is 0.485. The molecule has 2 amide bonds. The molecule has 2 fully saturated rings. The minimum atomic E-state index is -0.349. The van der Waals surface area contributed by atoms with E-state index in [-0.39, 0.29) is 23.3 Å². The van der Waals surface area contributed by atoms with Gasteiger partial charge in [0.05, 0.1) is 0 Å². The first-order chi connectivity index (χ1) is 9.96. The van der Waals surface area contributed by atoms with Crippen molar-refractivity contribution in [3.05, 3.63) is 0 Å². The van der Waals surface area contributed by atoms with Crippen molar-refractivity contribution in [2.75, 3.05) is 26.8 Å². The SMILES string of the molecule is COCCC1(CN2CCC(=O)NC(CC(C)C)C2=O)CC1. The summed E-state index contributed by atoms with van der Waals surface area (Å²) < 4.78 is 5.18. The van der Waals surface area contributed by atoms with E-state index in [1.807, 2.05) is 4.90 Å². The van der Waals surface area contributed by atoms with Crippen LogP contribution >= 0.6 is 0 Å². The molecule has 1 aliphatic carbocycles. The van der Waals surface area contributed by atoms with Crippen LogP contribution < -0.4 is 5.32 Å². The number of nitrogens with one attached hydrogen (secondary N) is 1. The summed E-state index contributed by atoms with van der Waals surface area (Å²) >= 11 is 0. The predicted molar refractivity (Wildman–Crippen MR) is 80.7 cm³/mol. The van der Waals surface area contributed by atoms with E-state index < -0.39 is 0 Å². The number of ether oxygens (including phenoxy) is 1. The van der Waals surface area contributed by atoms with Crippen LogP contribution in [0.4, 0.5) is 0 Å². The lowest BCUT2D eigenvalue weighted by atomic mass is 10.00. The molecule has 1 unspecified atom stereocenters. The molecule has 0 aromatic carbocycles. The molecule has 5 nitrogen and oxygen atoms in total. The highest BCUT2D eigenvalue weighted by molar-refractivity contribution is 5.90. The summed E-state index contributed by atoms with van der Waals surface area (Å²) in [6.07, 6.45) is 4.46. The van der Waals surface area contributed by atoms with Crippen LogP contribution in [0.15, 0.2) is 0 Å². The van der Waals surface area contributed by atoms with E-state index in [2.05, 4.69) is 19.2 Å². The van der Waals surface area contributed by atoms with Crippen LogP contribution in [0, 0.1) is 11.3 Å². The van der Waals surface area contributed by atoms with Gasteiger partial charge < -0.3 is 15.0 Å². The fourth-order valence-electron chi connectivity index (χ4n) is 3.07. The number of nitrogens with zero attached hydrogens (tertiary/aromatic N) is 1. The number of hydrogen-bond acceptors (Lipinski definition) is 3. The third kappa shape index (κ3) is 4.43. The second kappa shape index (κ2) is 6.77. The van der Waals surface area contributed by atoms with Crippen LogP contribution in [-0.2, 0) is 14.3 Å². The Balaban J connectivity index is 2.00. The summed E-state index contributed by atoms with van der Waals surface area (Å²) in [6, 6.07) is -0.349. The number of amides is 2. The predicted octanol–water partition coefficient (Wildman–Crippen LogP) is 1.57. The molecule has 1 atom stereocenters. The minimum Gasteiger partial charge on any atom is -0.385 e. The summed E-state index contributed by atoms with van der Waals surface area (Å²) in [5, 5.41) is 2.88. The van der Waals surface area contributed by atoms with Crippen LogP contribution in [-0.4, -0.2) is 49.6 Å². The first kappa shape index (κ1) is 16.3. The monoisotopic (exact) mass is 296 g/mol. The van der Waals surface area contributed by atoms with Crippen molar-refractivity contribution in [1.82, 2.24) is 10.2 Å². The topological polar surface area (TPSA) is 58.6 Å². The molecule has 21 heavy (non-hydrogen) atoms. The average molecular weight is 296 g/mol. The molecule has 2 rings (SSSR count). The van der Waals surface area contributed by atoms with Gasteiger partial charge in [0.2, 0.25) is 11.8 Å². The Morgan fingerprint density at radius 1 is 1.38 bits per heavy atom. The van der Waals surface area contributed by atoms with Crippen LogP contribution in [0.2, 0.25) is 0 Å². The van der Waals surface area contributed by atoms with E-state index >= 15 is 0 Å². The second-order valence-corrected chi connectivity index (χ2v) is 7.00. The van der Waals surface area contributed by atoms with Gasteiger partial charge in [-0.1, -0.05) is 13.8 Å². The Bertz CT molecular complexity index is 391. The molecule has 1 aliphatic heterocycles. The van der Waals surface area contributed by atoms with E-state index in [4.69, 9.17) is 4.74 Å². The highest BCUT2D eigenvalue weighted by atomic mass is 16.5. The van der Waals surface area contributed by atoms with Crippen LogP contribution in [0.25, 0.3) is 0 Å². The highest BCUT2D eigenvalue weighted by Gasteiger charge is 2.45. The van der Waals surface area contributed by atoms with E-state index in [0.717, 1.165) is 32.4 Å². The largest absolute Gasteiger partial charge is 0.385 e. The molecule has 0 radical (unpaired) electrons. The molecule has 0 aromatic rings. The fourth-order valence-corrected chi connectivity index (χ4v) is 3.07. The molecular formula is C16H28N2O3. The average Bonchev–Trinajstić information content (AvgIpc) is 3.20. The van der Waals surface area contributed by atoms with Gasteiger partial charge in [0.15, 0.2) is 0 Å². The van der Waals surface area contributed by atoms with Crippen LogP contribution in [0.3, 0.4) is 0 Å². The molecular weight excluding hydrogens is 268 g/mol. The van der Waals surface area contributed by atoms with Crippen molar-refractivity contribution < 1.29 is 14.3 Å². The summed E-state index contributed by atoms with van der Waals surface area (Å²) in [5.41, 5.74) is 0.238. The zero-order chi connectivity index (χ0) is 15.5. The number of carbonyl (C=O) groups excluding carboxylic acids is 2. The molecule has 1 saturated carbocycles. The van der Waals surface area contributed by atoms with Gasteiger partial charge in [-0.3, -0.25) is 9.59 Å². The Kier molecular flexibility index (Phi) is 5.25. The number of methoxy groups -OCH3 is 1. The van der Waals surface area contributed by atoms with Gasteiger partial charge in [0, 0.05) is 33.2 Å². The maximum Gasteiger partial charge on any atom is 0.245 e. The smallest absolute Gasteiger partial charge is 0.245 e. The Hall–Kier alpha value is -1.10. The molecule has 120 valence electrons. The quantitative estimate of drug-likeness (QED) is 0.776. The van der Waals surface area contributed by atoms with Crippen LogP contribution in [0.5, 0.6) is 0 Å². The zero-order valence-electron chi connectivity index (χ0n) is 13.5. The van der Waals surface area contributed by atoms with Crippen molar-refractivity contribution >= 4 is 11.8 Å². The molecule has 1 N–H and O–H groups in total. The molecule has 1 saturated heterocycles. The van der Waals surface area contributed by atoms with Crippen molar-refractivity contribution in [3.8, 4) is 0 Å². The van der Waals surface area contributed by atoms with Gasteiger partial charge in [-0.05, 0) is 37.0 Å². The summed E-state index contributed by atoms with van der Waals surface area (Å²) in [6.45, 7) is 6.23. The van der Waals surface area contributed by atoms with E-state index in [1.54, 1.807) is 7.11 Å². The maximum absolute atomic E-state index is 12.7.